The van der Waals surface area contributed by atoms with Gasteiger partial charge in [0.05, 0.1) is 31.5 Å². The molecule has 0 aromatic heterocycles. The van der Waals surface area contributed by atoms with E-state index in [9.17, 15) is 9.59 Å². The second kappa shape index (κ2) is 8.05. The van der Waals surface area contributed by atoms with E-state index >= 15 is 0 Å². The van der Waals surface area contributed by atoms with Crippen molar-refractivity contribution in [2.45, 2.75) is 0 Å². The molecule has 9 heteroatoms. The van der Waals surface area contributed by atoms with Crippen LogP contribution in [0.25, 0.3) is 0 Å². The van der Waals surface area contributed by atoms with Gasteiger partial charge in [0, 0.05) is 17.7 Å². The topological polar surface area (TPSA) is 95.1 Å². The van der Waals surface area contributed by atoms with Crippen molar-refractivity contribution < 1.29 is 28.5 Å². The van der Waals surface area contributed by atoms with E-state index in [-0.39, 0.29) is 13.3 Å². The van der Waals surface area contributed by atoms with Gasteiger partial charge in [-0.2, -0.15) is 0 Å². The molecule has 0 unspecified atom stereocenters. The highest BCUT2D eigenvalue weighted by Crippen LogP contribution is 2.36. The molecule has 2 aromatic carbocycles. The minimum absolute atomic E-state index is 0.120. The summed E-state index contributed by atoms with van der Waals surface area (Å²) in [5, 5.41) is 5.54. The smallest absolute Gasteiger partial charge is 0.251 e. The Bertz CT molecular complexity index is 886. The van der Waals surface area contributed by atoms with Crippen LogP contribution in [0.1, 0.15) is 10.4 Å². The second-order valence-corrected chi connectivity index (χ2v) is 5.89. The molecular weight excluding hydrogens is 376 g/mol. The first-order valence-corrected chi connectivity index (χ1v) is 8.29. The first kappa shape index (κ1) is 18.7. The lowest BCUT2D eigenvalue weighted by molar-refractivity contribution is -0.115. The number of halogens is 1. The van der Waals surface area contributed by atoms with Crippen LogP contribution in [0.15, 0.2) is 30.3 Å². The fourth-order valence-corrected chi connectivity index (χ4v) is 2.68. The van der Waals surface area contributed by atoms with Crippen molar-refractivity contribution in [3.05, 3.63) is 40.9 Å². The predicted octanol–water partition coefficient (Wildman–Crippen LogP) is 2.45. The van der Waals surface area contributed by atoms with Crippen LogP contribution >= 0.6 is 11.6 Å². The lowest BCUT2D eigenvalue weighted by atomic mass is 10.2. The fourth-order valence-electron chi connectivity index (χ4n) is 2.45. The van der Waals surface area contributed by atoms with Crippen LogP contribution in [0.2, 0.25) is 5.02 Å². The summed E-state index contributed by atoms with van der Waals surface area (Å²) >= 11 is 6.03. The summed E-state index contributed by atoms with van der Waals surface area (Å²) in [6, 6.07) is 7.86. The summed E-state index contributed by atoms with van der Waals surface area (Å²) in [5.74, 6) is 0.974. The number of ether oxygens (including phenoxy) is 4. The number of hydrogen-bond acceptors (Lipinski definition) is 6. The molecule has 3 rings (SSSR count). The highest BCUT2D eigenvalue weighted by atomic mass is 35.5. The van der Waals surface area contributed by atoms with Crippen LogP contribution in [0.4, 0.5) is 5.69 Å². The van der Waals surface area contributed by atoms with Crippen molar-refractivity contribution in [3.8, 4) is 23.0 Å². The molecule has 2 amide bonds. The Kier molecular flexibility index (Phi) is 5.56. The molecule has 0 bridgehead atoms. The van der Waals surface area contributed by atoms with Gasteiger partial charge in [-0.3, -0.25) is 9.59 Å². The van der Waals surface area contributed by atoms with Crippen LogP contribution in [0, 0.1) is 0 Å². The summed E-state index contributed by atoms with van der Waals surface area (Å²) in [4.78, 5) is 24.4. The number of nitrogens with one attached hydrogen (secondary N) is 2. The standard InChI is InChI=1S/C18H17ClN2O6/c1-24-14-7-12(15(25-2)6-11(14)19)21-17(22)8-20-18(23)10-3-4-13-16(5-10)27-9-26-13/h3-7H,8-9H2,1-2H3,(H,20,23)(H,21,22). The van der Waals surface area contributed by atoms with Crippen LogP contribution in [-0.4, -0.2) is 39.4 Å². The van der Waals surface area contributed by atoms with Gasteiger partial charge in [-0.15, -0.1) is 0 Å². The number of anilines is 1. The number of benzene rings is 2. The van der Waals surface area contributed by atoms with Gasteiger partial charge in [-0.1, -0.05) is 11.6 Å². The largest absolute Gasteiger partial charge is 0.495 e. The van der Waals surface area contributed by atoms with Crippen LogP contribution in [0.5, 0.6) is 23.0 Å². The van der Waals surface area contributed by atoms with Gasteiger partial charge in [0.25, 0.3) is 5.91 Å². The SMILES string of the molecule is COc1cc(NC(=O)CNC(=O)c2ccc3c(c2)OCO3)c(OC)cc1Cl. The molecule has 0 spiro atoms. The highest BCUT2D eigenvalue weighted by molar-refractivity contribution is 6.32. The number of rotatable bonds is 6. The zero-order valence-corrected chi connectivity index (χ0v) is 15.4. The molecule has 142 valence electrons. The molecule has 1 aliphatic heterocycles. The minimum atomic E-state index is -0.438. The van der Waals surface area contributed by atoms with Gasteiger partial charge < -0.3 is 29.6 Å². The van der Waals surface area contributed by atoms with Crippen LogP contribution in [0.3, 0.4) is 0 Å². The lowest BCUT2D eigenvalue weighted by Gasteiger charge is -2.13. The molecule has 8 nitrogen and oxygen atoms in total. The van der Waals surface area contributed by atoms with Crippen molar-refractivity contribution in [2.24, 2.45) is 0 Å². The van der Waals surface area contributed by atoms with Crippen LogP contribution < -0.4 is 29.6 Å². The zero-order chi connectivity index (χ0) is 19.4. The third kappa shape index (κ3) is 4.17. The molecule has 2 N–H and O–H groups in total. The average molecular weight is 393 g/mol. The maximum Gasteiger partial charge on any atom is 0.251 e. The van der Waals surface area contributed by atoms with E-state index in [1.807, 2.05) is 0 Å². The molecule has 0 saturated heterocycles. The Morgan fingerprint density at radius 2 is 1.81 bits per heavy atom. The van der Waals surface area contributed by atoms with Crippen LogP contribution in [-0.2, 0) is 4.79 Å². The Hall–Kier alpha value is -3.13. The monoisotopic (exact) mass is 392 g/mol. The van der Waals surface area contributed by atoms with E-state index in [1.165, 1.54) is 20.3 Å². The molecular formula is C18H17ClN2O6. The third-order valence-electron chi connectivity index (χ3n) is 3.79. The molecule has 2 aromatic rings. The van der Waals surface area contributed by atoms with Gasteiger partial charge in [-0.05, 0) is 18.2 Å². The number of carbonyl (C=O) groups is 2. The van der Waals surface area contributed by atoms with E-state index in [4.69, 9.17) is 30.5 Å². The molecule has 0 atom stereocenters. The number of carbonyl (C=O) groups excluding carboxylic acids is 2. The molecule has 1 heterocycles. The first-order chi connectivity index (χ1) is 13.0. The zero-order valence-electron chi connectivity index (χ0n) is 14.6. The van der Waals surface area contributed by atoms with E-state index in [2.05, 4.69) is 10.6 Å². The normalized spacial score (nSPS) is 11.7. The number of amides is 2. The van der Waals surface area contributed by atoms with E-state index in [0.29, 0.717) is 39.3 Å². The minimum Gasteiger partial charge on any atom is -0.495 e. The maximum atomic E-state index is 12.2. The number of fused-ring (bicyclic) bond motifs is 1. The summed E-state index contributed by atoms with van der Waals surface area (Å²) in [6.07, 6.45) is 0. The van der Waals surface area contributed by atoms with Crippen molar-refractivity contribution in [2.75, 3.05) is 32.9 Å². The summed E-state index contributed by atoms with van der Waals surface area (Å²) < 4.78 is 20.8. The summed E-state index contributed by atoms with van der Waals surface area (Å²) in [6.45, 7) is -0.115. The number of methoxy groups -OCH3 is 2. The van der Waals surface area contributed by atoms with Gasteiger partial charge in [0.2, 0.25) is 12.7 Å². The highest BCUT2D eigenvalue weighted by Gasteiger charge is 2.17. The molecule has 0 saturated carbocycles. The van der Waals surface area contributed by atoms with Crippen molar-refractivity contribution in [1.29, 1.82) is 0 Å². The van der Waals surface area contributed by atoms with Gasteiger partial charge in [0.1, 0.15) is 11.5 Å². The van der Waals surface area contributed by atoms with E-state index < -0.39 is 11.8 Å². The Morgan fingerprint density at radius 3 is 2.56 bits per heavy atom. The van der Waals surface area contributed by atoms with Gasteiger partial charge in [0.15, 0.2) is 11.5 Å². The Balaban J connectivity index is 1.62. The first-order valence-electron chi connectivity index (χ1n) is 7.91. The lowest BCUT2D eigenvalue weighted by Crippen LogP contribution is -2.32. The molecule has 0 fully saturated rings. The van der Waals surface area contributed by atoms with Crippen molar-refractivity contribution >= 4 is 29.1 Å². The maximum absolute atomic E-state index is 12.2. The van der Waals surface area contributed by atoms with Crippen molar-refractivity contribution in [3.63, 3.8) is 0 Å². The second-order valence-electron chi connectivity index (χ2n) is 5.49. The predicted molar refractivity (Wildman–Crippen MR) is 98.1 cm³/mol. The molecule has 0 radical (unpaired) electrons. The van der Waals surface area contributed by atoms with Gasteiger partial charge >= 0.3 is 0 Å². The van der Waals surface area contributed by atoms with Gasteiger partial charge in [-0.25, -0.2) is 0 Å². The summed E-state index contributed by atoms with van der Waals surface area (Å²) in [5.41, 5.74) is 0.735. The van der Waals surface area contributed by atoms with E-state index in [0.717, 1.165) is 0 Å². The van der Waals surface area contributed by atoms with Crippen molar-refractivity contribution in [1.82, 2.24) is 5.32 Å². The Morgan fingerprint density at radius 1 is 1.07 bits per heavy atom. The number of hydrogen-bond donors (Lipinski definition) is 2. The quantitative estimate of drug-likeness (QED) is 0.784. The average Bonchev–Trinajstić information content (AvgIpc) is 3.14. The Labute approximate surface area is 160 Å². The molecule has 0 aliphatic carbocycles. The summed E-state index contributed by atoms with van der Waals surface area (Å²) in [7, 11) is 2.92. The molecule has 1 aliphatic rings. The fraction of sp³-hybridized carbons (Fsp3) is 0.222. The van der Waals surface area contributed by atoms with E-state index in [1.54, 1.807) is 24.3 Å². The third-order valence-corrected chi connectivity index (χ3v) is 4.09. The molecule has 27 heavy (non-hydrogen) atoms.